The van der Waals surface area contributed by atoms with Crippen LogP contribution in [0, 0.1) is 0 Å². The van der Waals surface area contributed by atoms with Gasteiger partial charge < -0.3 is 4.79 Å². The van der Waals surface area contributed by atoms with E-state index in [9.17, 15) is 9.59 Å². The number of hydrogen-bond donors (Lipinski definition) is 0. The first-order valence-corrected chi connectivity index (χ1v) is 2.71. The van der Waals surface area contributed by atoms with Gasteiger partial charge in [0.25, 0.3) is 0 Å². The minimum Gasteiger partial charge on any atom is -0.301 e. The summed E-state index contributed by atoms with van der Waals surface area (Å²) in [6.07, 6.45) is 1.04. The molecule has 1 aliphatic rings. The maximum atomic E-state index is 10.6. The summed E-state index contributed by atoms with van der Waals surface area (Å²) in [5, 5.41) is 1.08. The number of hydrogen-bond acceptors (Lipinski definition) is 3. The average molecular weight is 129 g/mol. The quantitative estimate of drug-likeness (QED) is 0.465. The maximum Gasteiger partial charge on any atom is 0.248 e. The van der Waals surface area contributed by atoms with Gasteiger partial charge in [0.1, 0.15) is 12.8 Å². The molecule has 1 saturated heterocycles. The Hall–Kier alpha value is -0.900. The molecule has 50 valence electrons. The molecule has 1 heterocycles. The van der Waals surface area contributed by atoms with Crippen LogP contribution in [0.1, 0.15) is 6.42 Å². The predicted molar refractivity (Wildman–Crippen MR) is 28.3 cm³/mol. The molecule has 1 fully saturated rings. The molecule has 4 nitrogen and oxygen atoms in total. The smallest absolute Gasteiger partial charge is 0.248 e. The van der Waals surface area contributed by atoms with Gasteiger partial charge in [0.2, 0.25) is 5.91 Å². The topological polar surface area (TPSA) is 46.6 Å². The Morgan fingerprint density at radius 1 is 1.78 bits per heavy atom. The first-order chi connectivity index (χ1) is 4.34. The minimum absolute atomic E-state index is 0.0544. The molecule has 1 rings (SSSR count). The summed E-state index contributed by atoms with van der Waals surface area (Å²) >= 11 is 0. The number of aldehydes is 1. The standard InChI is InChI=1S/C5H7NO3/c7-3-2-6-5(8)1-4-9-6/h3H,1-2,4H2. The lowest BCUT2D eigenvalue weighted by atomic mass is 10.4. The summed E-state index contributed by atoms with van der Waals surface area (Å²) in [4.78, 5) is 25.2. The van der Waals surface area contributed by atoms with E-state index in [2.05, 4.69) is 0 Å². The highest BCUT2D eigenvalue weighted by Gasteiger charge is 2.20. The van der Waals surface area contributed by atoms with Gasteiger partial charge >= 0.3 is 0 Å². The Bertz CT molecular complexity index is 134. The lowest BCUT2D eigenvalue weighted by Gasteiger charge is -2.07. The first-order valence-electron chi connectivity index (χ1n) is 2.71. The predicted octanol–water partition coefficient (Wildman–Crippen LogP) is -0.651. The van der Waals surface area contributed by atoms with Crippen molar-refractivity contribution in [3.8, 4) is 0 Å². The molecule has 0 aromatic heterocycles. The van der Waals surface area contributed by atoms with Crippen molar-refractivity contribution in [3.05, 3.63) is 0 Å². The number of nitrogens with zero attached hydrogens (tertiary/aromatic N) is 1. The molecule has 0 atom stereocenters. The SMILES string of the molecule is O=CCN1OCCC1=O. The van der Waals surface area contributed by atoms with E-state index in [4.69, 9.17) is 4.84 Å². The molecule has 0 radical (unpaired) electrons. The number of carbonyl (C=O) groups is 2. The fourth-order valence-electron chi connectivity index (χ4n) is 0.662. The zero-order valence-electron chi connectivity index (χ0n) is 4.87. The second-order valence-electron chi connectivity index (χ2n) is 1.70. The molecular weight excluding hydrogens is 122 g/mol. The third-order valence-corrected chi connectivity index (χ3v) is 1.08. The summed E-state index contributed by atoms with van der Waals surface area (Å²) in [5.74, 6) is -0.109. The molecule has 0 N–H and O–H groups in total. The van der Waals surface area contributed by atoms with Gasteiger partial charge in [0, 0.05) is 0 Å². The molecule has 0 saturated carbocycles. The average Bonchev–Trinajstić information content (AvgIpc) is 2.18. The third-order valence-electron chi connectivity index (χ3n) is 1.08. The number of hydroxylamine groups is 2. The molecule has 0 unspecified atom stereocenters. The first kappa shape index (κ1) is 6.22. The van der Waals surface area contributed by atoms with E-state index in [-0.39, 0.29) is 12.5 Å². The van der Waals surface area contributed by atoms with Crippen molar-refractivity contribution < 1.29 is 14.4 Å². The fourth-order valence-corrected chi connectivity index (χ4v) is 0.662. The Balaban J connectivity index is 2.39. The highest BCUT2D eigenvalue weighted by Crippen LogP contribution is 2.03. The second-order valence-corrected chi connectivity index (χ2v) is 1.70. The Morgan fingerprint density at radius 2 is 2.56 bits per heavy atom. The van der Waals surface area contributed by atoms with E-state index in [1.165, 1.54) is 0 Å². The van der Waals surface area contributed by atoms with Gasteiger partial charge in [-0.25, -0.2) is 5.06 Å². The van der Waals surface area contributed by atoms with Crippen LogP contribution in [0.5, 0.6) is 0 Å². The van der Waals surface area contributed by atoms with E-state index in [1.807, 2.05) is 0 Å². The summed E-state index contributed by atoms with van der Waals surface area (Å²) < 4.78 is 0. The van der Waals surface area contributed by atoms with E-state index in [0.717, 1.165) is 5.06 Å². The lowest BCUT2D eigenvalue weighted by molar-refractivity contribution is -0.162. The molecule has 4 heteroatoms. The van der Waals surface area contributed by atoms with Crippen LogP contribution in [0.2, 0.25) is 0 Å². The third kappa shape index (κ3) is 1.26. The van der Waals surface area contributed by atoms with Gasteiger partial charge in [0.15, 0.2) is 0 Å². The van der Waals surface area contributed by atoms with Crippen molar-refractivity contribution in [2.45, 2.75) is 6.42 Å². The Labute approximate surface area is 52.3 Å². The number of carbonyl (C=O) groups excluding carboxylic acids is 2. The van der Waals surface area contributed by atoms with Crippen LogP contribution in [0.3, 0.4) is 0 Å². The maximum absolute atomic E-state index is 10.6. The number of amides is 1. The molecule has 0 aromatic carbocycles. The summed E-state index contributed by atoms with van der Waals surface area (Å²) in [5.41, 5.74) is 0. The van der Waals surface area contributed by atoms with Gasteiger partial charge in [-0.2, -0.15) is 0 Å². The van der Waals surface area contributed by atoms with Crippen molar-refractivity contribution >= 4 is 12.2 Å². The van der Waals surface area contributed by atoms with Gasteiger partial charge in [-0.15, -0.1) is 0 Å². The van der Waals surface area contributed by atoms with Crippen LogP contribution in [0.15, 0.2) is 0 Å². The number of rotatable bonds is 2. The molecular formula is C5H7NO3. The van der Waals surface area contributed by atoms with Crippen LogP contribution in [-0.4, -0.2) is 30.4 Å². The molecule has 0 aromatic rings. The molecule has 0 bridgehead atoms. The van der Waals surface area contributed by atoms with E-state index in [0.29, 0.717) is 19.3 Å². The van der Waals surface area contributed by atoms with Gasteiger partial charge in [-0.05, 0) is 0 Å². The fraction of sp³-hybridized carbons (Fsp3) is 0.600. The highest BCUT2D eigenvalue weighted by atomic mass is 16.7. The van der Waals surface area contributed by atoms with Crippen molar-refractivity contribution in [1.29, 1.82) is 0 Å². The van der Waals surface area contributed by atoms with E-state index >= 15 is 0 Å². The van der Waals surface area contributed by atoms with Gasteiger partial charge in [0.05, 0.1) is 13.0 Å². The summed E-state index contributed by atoms with van der Waals surface area (Å²) in [6.45, 7) is 0.464. The largest absolute Gasteiger partial charge is 0.301 e. The molecule has 0 aliphatic carbocycles. The zero-order chi connectivity index (χ0) is 6.69. The van der Waals surface area contributed by atoms with Crippen LogP contribution in [0.25, 0.3) is 0 Å². The zero-order valence-corrected chi connectivity index (χ0v) is 4.87. The minimum atomic E-state index is -0.109. The second kappa shape index (κ2) is 2.59. The van der Waals surface area contributed by atoms with Crippen LogP contribution >= 0.6 is 0 Å². The Kier molecular flexibility index (Phi) is 1.79. The Morgan fingerprint density at radius 3 is 3.00 bits per heavy atom. The van der Waals surface area contributed by atoms with E-state index < -0.39 is 0 Å². The van der Waals surface area contributed by atoms with E-state index in [1.54, 1.807) is 0 Å². The van der Waals surface area contributed by atoms with Crippen LogP contribution in [-0.2, 0) is 14.4 Å². The van der Waals surface area contributed by atoms with Gasteiger partial charge in [-0.1, -0.05) is 0 Å². The monoisotopic (exact) mass is 129 g/mol. The highest BCUT2D eigenvalue weighted by molar-refractivity contribution is 5.78. The van der Waals surface area contributed by atoms with Crippen molar-refractivity contribution in [2.24, 2.45) is 0 Å². The van der Waals surface area contributed by atoms with Crippen LogP contribution < -0.4 is 0 Å². The molecule has 1 amide bonds. The summed E-state index contributed by atoms with van der Waals surface area (Å²) in [7, 11) is 0. The van der Waals surface area contributed by atoms with Crippen molar-refractivity contribution in [2.75, 3.05) is 13.2 Å². The van der Waals surface area contributed by atoms with Crippen molar-refractivity contribution in [3.63, 3.8) is 0 Å². The molecule has 1 aliphatic heterocycles. The lowest BCUT2D eigenvalue weighted by Crippen LogP contribution is -2.24. The molecule has 0 spiro atoms. The molecule has 9 heavy (non-hydrogen) atoms. The van der Waals surface area contributed by atoms with Crippen molar-refractivity contribution in [1.82, 2.24) is 5.06 Å². The summed E-state index contributed by atoms with van der Waals surface area (Å²) in [6, 6.07) is 0. The normalized spacial score (nSPS) is 18.7. The van der Waals surface area contributed by atoms with Gasteiger partial charge in [-0.3, -0.25) is 9.63 Å². The van der Waals surface area contributed by atoms with Crippen LogP contribution in [0.4, 0.5) is 0 Å².